The number of nitrogens with one attached hydrogen (secondary N) is 2. The van der Waals surface area contributed by atoms with E-state index in [0.717, 1.165) is 31.1 Å². The summed E-state index contributed by atoms with van der Waals surface area (Å²) in [6.45, 7) is 4.62. The van der Waals surface area contributed by atoms with Gasteiger partial charge in [0.15, 0.2) is 0 Å². The lowest BCUT2D eigenvalue weighted by Crippen LogP contribution is -2.66. The Morgan fingerprint density at radius 3 is 2.66 bits per heavy atom. The van der Waals surface area contributed by atoms with Crippen LogP contribution in [0.1, 0.15) is 43.5 Å². The van der Waals surface area contributed by atoms with Crippen molar-refractivity contribution in [2.75, 3.05) is 26.0 Å². The molecule has 38 heavy (non-hydrogen) atoms. The number of methoxy groups -OCH3 is 1. The number of amides is 1. The summed E-state index contributed by atoms with van der Waals surface area (Å²) in [7, 11) is 1.48. The standard InChI is InChI=1S/C26H39ClN2O8S/c1-4-7-15-12-18(28-13-15)24(33)29-19(14(2)35-3)23-21(31)20(30)22(32)26(37-23)38-11-10-36-25(34)16-8-5-6-9-17(16)27/h5-6,8-9,14-15,18-23,26,28,30-32H,4,7,10-13H2,1-3H3,(H,29,33)/t14-,15-,18+,19-,20+,21-,22-,23-,26-/m1/s1. The predicted octanol–water partition coefficient (Wildman–Crippen LogP) is 1.34. The summed E-state index contributed by atoms with van der Waals surface area (Å²) in [4.78, 5) is 25.3. The molecule has 9 atom stereocenters. The van der Waals surface area contributed by atoms with Crippen LogP contribution in [0.5, 0.6) is 0 Å². The Morgan fingerprint density at radius 1 is 1.24 bits per heavy atom. The largest absolute Gasteiger partial charge is 0.461 e. The van der Waals surface area contributed by atoms with Crippen LogP contribution in [-0.4, -0.2) is 101 Å². The fraction of sp³-hybridized carbons (Fsp3) is 0.692. The van der Waals surface area contributed by atoms with Gasteiger partial charge in [0.05, 0.1) is 28.8 Å². The fourth-order valence-electron chi connectivity index (χ4n) is 4.83. The Labute approximate surface area is 232 Å². The first-order chi connectivity index (χ1) is 18.2. The second kappa shape index (κ2) is 14.8. The van der Waals surface area contributed by atoms with Gasteiger partial charge in [-0.2, -0.15) is 0 Å². The van der Waals surface area contributed by atoms with E-state index in [1.165, 1.54) is 7.11 Å². The maximum Gasteiger partial charge on any atom is 0.339 e. The molecular formula is C26H39ClN2O8S. The first-order valence-electron chi connectivity index (χ1n) is 13.0. The molecule has 2 saturated heterocycles. The molecule has 2 aliphatic rings. The molecule has 2 heterocycles. The van der Waals surface area contributed by atoms with Gasteiger partial charge in [-0.05, 0) is 44.4 Å². The maximum absolute atomic E-state index is 13.1. The summed E-state index contributed by atoms with van der Waals surface area (Å²) in [6.07, 6.45) is -3.19. The van der Waals surface area contributed by atoms with Gasteiger partial charge in [0.1, 0.15) is 36.5 Å². The van der Waals surface area contributed by atoms with E-state index in [9.17, 15) is 24.9 Å². The van der Waals surface area contributed by atoms with Crippen molar-refractivity contribution in [3.63, 3.8) is 0 Å². The molecule has 12 heteroatoms. The van der Waals surface area contributed by atoms with Crippen LogP contribution in [0.25, 0.3) is 0 Å². The van der Waals surface area contributed by atoms with Crippen LogP contribution in [-0.2, 0) is 19.0 Å². The van der Waals surface area contributed by atoms with Crippen molar-refractivity contribution in [1.29, 1.82) is 0 Å². The lowest BCUT2D eigenvalue weighted by molar-refractivity contribution is -0.212. The minimum atomic E-state index is -1.51. The minimum Gasteiger partial charge on any atom is -0.461 e. The van der Waals surface area contributed by atoms with E-state index in [0.29, 0.717) is 12.3 Å². The number of rotatable bonds is 12. The highest BCUT2D eigenvalue weighted by Crippen LogP contribution is 2.31. The molecule has 1 aromatic rings. The van der Waals surface area contributed by atoms with E-state index in [2.05, 4.69) is 17.6 Å². The SMILES string of the molecule is CCC[C@H]1CN[C@H](C(=O)N[C@@H]([C@H]2O[C@H](SCCOC(=O)c3ccccc3Cl)[C@H](O)[C@@H](O)[C@H]2O)[C@@H](C)OC)C1. The second-order valence-electron chi connectivity index (χ2n) is 9.75. The molecule has 10 nitrogen and oxygen atoms in total. The van der Waals surface area contributed by atoms with Gasteiger partial charge in [-0.3, -0.25) is 4.79 Å². The van der Waals surface area contributed by atoms with Crippen LogP contribution in [0.4, 0.5) is 0 Å². The van der Waals surface area contributed by atoms with Gasteiger partial charge >= 0.3 is 5.97 Å². The molecule has 0 spiro atoms. The Bertz CT molecular complexity index is 927. The predicted molar refractivity (Wildman–Crippen MR) is 144 cm³/mol. The number of benzene rings is 1. The quantitative estimate of drug-likeness (QED) is 0.183. The average Bonchev–Trinajstić information content (AvgIpc) is 3.38. The fourth-order valence-corrected chi connectivity index (χ4v) is 6.02. The van der Waals surface area contributed by atoms with E-state index < -0.39 is 48.0 Å². The molecule has 3 rings (SSSR count). The third kappa shape index (κ3) is 7.82. The van der Waals surface area contributed by atoms with Crippen LogP contribution in [0, 0.1) is 5.92 Å². The van der Waals surface area contributed by atoms with Crippen LogP contribution in [0.15, 0.2) is 24.3 Å². The number of hydrogen-bond acceptors (Lipinski definition) is 10. The van der Waals surface area contributed by atoms with Gasteiger partial charge in [0.25, 0.3) is 0 Å². The number of carbonyl (C=O) groups is 2. The van der Waals surface area contributed by atoms with E-state index in [1.807, 2.05) is 0 Å². The number of thioether (sulfide) groups is 1. The molecule has 0 aliphatic carbocycles. The molecule has 1 aromatic carbocycles. The molecule has 5 N–H and O–H groups in total. The van der Waals surface area contributed by atoms with E-state index in [-0.39, 0.29) is 34.9 Å². The molecule has 0 radical (unpaired) electrons. The van der Waals surface area contributed by atoms with Crippen molar-refractivity contribution in [2.45, 2.75) is 81.1 Å². The summed E-state index contributed by atoms with van der Waals surface area (Å²) in [5.41, 5.74) is -0.698. The molecule has 1 amide bonds. The summed E-state index contributed by atoms with van der Waals surface area (Å²) in [6, 6.07) is 5.38. The lowest BCUT2D eigenvalue weighted by Gasteiger charge is -2.44. The van der Waals surface area contributed by atoms with Crippen molar-refractivity contribution in [2.24, 2.45) is 5.92 Å². The van der Waals surface area contributed by atoms with Crippen LogP contribution < -0.4 is 10.6 Å². The first-order valence-corrected chi connectivity index (χ1v) is 14.4. The molecule has 0 bridgehead atoms. The smallest absolute Gasteiger partial charge is 0.339 e. The highest BCUT2D eigenvalue weighted by molar-refractivity contribution is 7.99. The van der Waals surface area contributed by atoms with Crippen molar-refractivity contribution in [3.05, 3.63) is 34.9 Å². The van der Waals surface area contributed by atoms with Gasteiger partial charge in [-0.15, -0.1) is 11.8 Å². The molecule has 0 saturated carbocycles. The number of aliphatic hydroxyl groups excluding tert-OH is 3. The van der Waals surface area contributed by atoms with E-state index in [4.69, 9.17) is 25.8 Å². The first kappa shape index (κ1) is 31.1. The summed E-state index contributed by atoms with van der Waals surface area (Å²) >= 11 is 7.15. The van der Waals surface area contributed by atoms with Crippen molar-refractivity contribution in [1.82, 2.24) is 10.6 Å². The van der Waals surface area contributed by atoms with Crippen molar-refractivity contribution >= 4 is 35.2 Å². The van der Waals surface area contributed by atoms with Crippen LogP contribution in [0.2, 0.25) is 5.02 Å². The maximum atomic E-state index is 13.1. The molecule has 0 unspecified atom stereocenters. The van der Waals surface area contributed by atoms with E-state index >= 15 is 0 Å². The van der Waals surface area contributed by atoms with Crippen molar-refractivity contribution < 1.29 is 39.1 Å². The van der Waals surface area contributed by atoms with Gasteiger partial charge in [-0.1, -0.05) is 37.1 Å². The zero-order chi connectivity index (χ0) is 27.8. The topological polar surface area (TPSA) is 147 Å². The summed E-state index contributed by atoms with van der Waals surface area (Å²) < 4.78 is 16.8. The average molecular weight is 575 g/mol. The number of halogens is 1. The monoisotopic (exact) mass is 574 g/mol. The van der Waals surface area contributed by atoms with Crippen LogP contribution in [0.3, 0.4) is 0 Å². The van der Waals surface area contributed by atoms with Crippen molar-refractivity contribution in [3.8, 4) is 0 Å². The summed E-state index contributed by atoms with van der Waals surface area (Å²) in [5.74, 6) is -0.136. The Balaban J connectivity index is 1.60. The Hall–Kier alpha value is -1.44. The van der Waals surface area contributed by atoms with Crippen LogP contribution >= 0.6 is 23.4 Å². The molecule has 0 aromatic heterocycles. The zero-order valence-corrected chi connectivity index (χ0v) is 23.5. The molecular weight excluding hydrogens is 536 g/mol. The number of ether oxygens (including phenoxy) is 3. The van der Waals surface area contributed by atoms with Gasteiger partial charge in [-0.25, -0.2) is 4.79 Å². The molecule has 2 aliphatic heterocycles. The minimum absolute atomic E-state index is 0.00549. The van der Waals surface area contributed by atoms with Gasteiger partial charge in [0.2, 0.25) is 5.91 Å². The number of esters is 1. The second-order valence-corrected chi connectivity index (χ2v) is 11.4. The third-order valence-corrected chi connectivity index (χ3v) is 8.53. The number of carbonyl (C=O) groups excluding carboxylic acids is 2. The molecule has 2 fully saturated rings. The zero-order valence-electron chi connectivity index (χ0n) is 21.9. The van der Waals surface area contributed by atoms with Gasteiger partial charge in [0, 0.05) is 12.9 Å². The Morgan fingerprint density at radius 2 is 1.97 bits per heavy atom. The van der Waals surface area contributed by atoms with E-state index in [1.54, 1.807) is 31.2 Å². The van der Waals surface area contributed by atoms with Gasteiger partial charge < -0.3 is 40.2 Å². The normalized spacial score (nSPS) is 31.0. The Kier molecular flexibility index (Phi) is 12.1. The highest BCUT2D eigenvalue weighted by atomic mass is 35.5. The lowest BCUT2D eigenvalue weighted by atomic mass is 9.91. The highest BCUT2D eigenvalue weighted by Gasteiger charge is 2.49. The number of aliphatic hydroxyl groups is 3. The third-order valence-electron chi connectivity index (χ3n) is 7.07. The number of hydrogen-bond donors (Lipinski definition) is 5. The summed E-state index contributed by atoms with van der Waals surface area (Å²) in [5, 5.41) is 38.4. The molecule has 214 valence electrons.